The quantitative estimate of drug-likeness (QED) is 0.833. The van der Waals surface area contributed by atoms with Crippen LogP contribution in [-0.2, 0) is 11.3 Å². The van der Waals surface area contributed by atoms with Gasteiger partial charge in [0.25, 0.3) is 0 Å². The van der Waals surface area contributed by atoms with Gasteiger partial charge in [-0.1, -0.05) is 11.6 Å². The highest BCUT2D eigenvalue weighted by atomic mass is 16.5. The summed E-state index contributed by atoms with van der Waals surface area (Å²) in [7, 11) is 0. The second-order valence-electron chi connectivity index (χ2n) is 6.68. The van der Waals surface area contributed by atoms with Crippen LogP contribution in [0.25, 0.3) is 11.3 Å². The molecular weight excluding hydrogens is 320 g/mol. The molecule has 0 amide bonds. The van der Waals surface area contributed by atoms with Gasteiger partial charge >= 0.3 is 5.97 Å². The number of hydrogen-bond acceptors (Lipinski definition) is 5. The minimum absolute atomic E-state index is 0.228. The minimum Gasteiger partial charge on any atom is -0.493 e. The molecule has 0 aliphatic heterocycles. The topological polar surface area (TPSA) is 98.6 Å². The molecule has 0 bridgehead atoms. The van der Waals surface area contributed by atoms with E-state index in [1.807, 2.05) is 31.2 Å². The predicted molar refractivity (Wildman–Crippen MR) is 93.1 cm³/mol. The molecule has 0 radical (unpaired) electrons. The summed E-state index contributed by atoms with van der Waals surface area (Å²) >= 11 is 0. The number of ether oxygens (including phenoxy) is 1. The van der Waals surface area contributed by atoms with Gasteiger partial charge in [0, 0.05) is 17.7 Å². The van der Waals surface area contributed by atoms with Crippen LogP contribution in [-0.4, -0.2) is 22.8 Å². The van der Waals surface area contributed by atoms with Gasteiger partial charge in [0.2, 0.25) is 0 Å². The number of hydrogen-bond donors (Lipinski definition) is 2. The van der Waals surface area contributed by atoms with Crippen LogP contribution < -0.4 is 10.5 Å². The van der Waals surface area contributed by atoms with E-state index in [9.17, 15) is 4.79 Å². The zero-order valence-corrected chi connectivity index (χ0v) is 14.4. The highest BCUT2D eigenvalue weighted by Gasteiger charge is 2.27. The summed E-state index contributed by atoms with van der Waals surface area (Å²) in [6, 6.07) is 7.64. The molecule has 1 aromatic heterocycles. The fourth-order valence-electron chi connectivity index (χ4n) is 3.44. The lowest BCUT2D eigenvalue weighted by molar-refractivity contribution is -0.143. The number of carbonyl (C=O) groups is 1. The lowest BCUT2D eigenvalue weighted by Crippen LogP contribution is -2.25. The van der Waals surface area contributed by atoms with Crippen molar-refractivity contribution >= 4 is 5.97 Å². The number of aliphatic carboxylic acids is 1. The monoisotopic (exact) mass is 344 g/mol. The van der Waals surface area contributed by atoms with Crippen LogP contribution in [0.4, 0.5) is 0 Å². The maximum atomic E-state index is 11.1. The fraction of sp³-hybridized carbons (Fsp3) is 0.474. The molecule has 0 spiro atoms. The third-order valence-electron chi connectivity index (χ3n) is 4.92. The van der Waals surface area contributed by atoms with Gasteiger partial charge in [0.1, 0.15) is 5.75 Å². The minimum atomic E-state index is -0.688. The summed E-state index contributed by atoms with van der Waals surface area (Å²) in [5.74, 6) is 0.853. The molecule has 1 saturated carbocycles. The molecule has 2 aromatic rings. The molecule has 2 atom stereocenters. The van der Waals surface area contributed by atoms with Gasteiger partial charge in [0.05, 0.1) is 18.2 Å². The van der Waals surface area contributed by atoms with E-state index in [1.165, 1.54) is 0 Å². The van der Waals surface area contributed by atoms with Crippen LogP contribution in [0.1, 0.15) is 36.9 Å². The van der Waals surface area contributed by atoms with E-state index >= 15 is 0 Å². The van der Waals surface area contributed by atoms with Crippen molar-refractivity contribution in [2.24, 2.45) is 17.6 Å². The second kappa shape index (κ2) is 7.70. The Kier molecular flexibility index (Phi) is 5.38. The van der Waals surface area contributed by atoms with Crippen LogP contribution in [0.5, 0.6) is 5.75 Å². The second-order valence-corrected chi connectivity index (χ2v) is 6.68. The van der Waals surface area contributed by atoms with Crippen LogP contribution in [0.3, 0.4) is 0 Å². The molecular formula is C19H24N2O4. The Morgan fingerprint density at radius 3 is 2.80 bits per heavy atom. The largest absolute Gasteiger partial charge is 0.493 e. The lowest BCUT2D eigenvalue weighted by Gasteiger charge is -2.26. The van der Waals surface area contributed by atoms with Crippen LogP contribution in [0.15, 0.2) is 28.8 Å². The zero-order valence-electron chi connectivity index (χ0n) is 14.4. The standard InChI is InChI=1S/C19H24N2O4/c1-12-17(10-20)18(25-21-12)14-5-7-16(8-6-14)24-11-13-3-2-4-15(9-13)19(22)23/h5-8,13,15H,2-4,9-11,20H2,1H3,(H,22,23)/t13-,15?/m0/s1. The highest BCUT2D eigenvalue weighted by Crippen LogP contribution is 2.31. The van der Waals surface area contributed by atoms with Gasteiger partial charge in [-0.15, -0.1) is 0 Å². The molecule has 6 nitrogen and oxygen atoms in total. The summed E-state index contributed by atoms with van der Waals surface area (Å²) in [4.78, 5) is 11.1. The van der Waals surface area contributed by atoms with Gasteiger partial charge in [-0.25, -0.2) is 0 Å². The van der Waals surface area contributed by atoms with Crippen molar-refractivity contribution in [1.29, 1.82) is 0 Å². The fourth-order valence-corrected chi connectivity index (χ4v) is 3.44. The van der Waals surface area contributed by atoms with E-state index in [4.69, 9.17) is 20.1 Å². The van der Waals surface area contributed by atoms with Crippen molar-refractivity contribution in [3.63, 3.8) is 0 Å². The molecule has 6 heteroatoms. The van der Waals surface area contributed by atoms with Crippen molar-refractivity contribution in [3.05, 3.63) is 35.5 Å². The van der Waals surface area contributed by atoms with Crippen molar-refractivity contribution in [1.82, 2.24) is 5.16 Å². The van der Waals surface area contributed by atoms with Gasteiger partial charge < -0.3 is 20.1 Å². The first-order valence-corrected chi connectivity index (χ1v) is 8.69. The van der Waals surface area contributed by atoms with Crippen molar-refractivity contribution in [3.8, 4) is 17.1 Å². The number of carboxylic acid groups (broad SMARTS) is 1. The first kappa shape index (κ1) is 17.5. The average Bonchev–Trinajstić information content (AvgIpc) is 3.01. The first-order valence-electron chi connectivity index (χ1n) is 8.69. The SMILES string of the molecule is Cc1noc(-c2ccc(OC[C@H]3CCCC(C(=O)O)C3)cc2)c1CN. The average molecular weight is 344 g/mol. The number of rotatable bonds is 6. The summed E-state index contributed by atoms with van der Waals surface area (Å²) in [5, 5.41) is 13.1. The molecule has 1 aliphatic carbocycles. The summed E-state index contributed by atoms with van der Waals surface area (Å²) in [5.41, 5.74) is 8.39. The normalized spacial score (nSPS) is 20.4. The Labute approximate surface area is 147 Å². The summed E-state index contributed by atoms with van der Waals surface area (Å²) in [6.45, 7) is 2.81. The molecule has 1 heterocycles. The molecule has 1 fully saturated rings. The van der Waals surface area contributed by atoms with Gasteiger partial charge in [-0.3, -0.25) is 4.79 Å². The number of aryl methyl sites for hydroxylation is 1. The van der Waals surface area contributed by atoms with E-state index in [-0.39, 0.29) is 5.92 Å². The number of benzene rings is 1. The Balaban J connectivity index is 1.60. The maximum Gasteiger partial charge on any atom is 0.306 e. The summed E-state index contributed by atoms with van der Waals surface area (Å²) < 4.78 is 11.2. The smallest absolute Gasteiger partial charge is 0.306 e. The van der Waals surface area contributed by atoms with E-state index in [0.29, 0.717) is 31.3 Å². The van der Waals surface area contributed by atoms with Crippen molar-refractivity contribution in [2.75, 3.05) is 6.61 Å². The lowest BCUT2D eigenvalue weighted by atomic mass is 9.82. The molecule has 1 aromatic carbocycles. The predicted octanol–water partition coefficient (Wildman–Crippen LogP) is 3.38. The van der Waals surface area contributed by atoms with Crippen LogP contribution >= 0.6 is 0 Å². The summed E-state index contributed by atoms with van der Waals surface area (Å²) in [6.07, 6.45) is 3.46. The van der Waals surface area contributed by atoms with Gasteiger partial charge in [-0.05, 0) is 56.4 Å². The zero-order chi connectivity index (χ0) is 17.8. The molecule has 134 valence electrons. The molecule has 1 unspecified atom stereocenters. The molecule has 3 rings (SSSR count). The Bertz CT molecular complexity index is 724. The van der Waals surface area contributed by atoms with E-state index < -0.39 is 5.97 Å². The number of nitrogens with two attached hydrogens (primary N) is 1. The third kappa shape index (κ3) is 4.02. The van der Waals surface area contributed by atoms with Crippen molar-refractivity contribution in [2.45, 2.75) is 39.2 Å². The molecule has 3 N–H and O–H groups in total. The number of nitrogens with zero attached hydrogens (tertiary/aromatic N) is 1. The molecule has 1 aliphatic rings. The van der Waals surface area contributed by atoms with Gasteiger partial charge in [-0.2, -0.15) is 0 Å². The Morgan fingerprint density at radius 2 is 2.12 bits per heavy atom. The third-order valence-corrected chi connectivity index (χ3v) is 4.92. The van der Waals surface area contributed by atoms with Crippen molar-refractivity contribution < 1.29 is 19.2 Å². The van der Waals surface area contributed by atoms with E-state index in [0.717, 1.165) is 41.8 Å². The van der Waals surface area contributed by atoms with Crippen LogP contribution in [0.2, 0.25) is 0 Å². The number of aromatic nitrogens is 1. The number of carboxylic acids is 1. The highest BCUT2D eigenvalue weighted by molar-refractivity contribution is 5.70. The molecule has 25 heavy (non-hydrogen) atoms. The van der Waals surface area contributed by atoms with Crippen LogP contribution in [0, 0.1) is 18.8 Å². The Hall–Kier alpha value is -2.34. The maximum absolute atomic E-state index is 11.1. The van der Waals surface area contributed by atoms with Gasteiger partial charge in [0.15, 0.2) is 5.76 Å². The van der Waals surface area contributed by atoms with E-state index in [2.05, 4.69) is 5.16 Å². The van der Waals surface area contributed by atoms with E-state index in [1.54, 1.807) is 0 Å². The molecule has 0 saturated heterocycles. The Morgan fingerprint density at radius 1 is 1.36 bits per heavy atom. The first-order chi connectivity index (χ1) is 12.1.